The molecular weight excluding hydrogens is 219 g/mol. The minimum Gasteiger partial charge on any atom is -0.508 e. The highest BCUT2D eigenvalue weighted by Gasteiger charge is 2.10. The van der Waals surface area contributed by atoms with E-state index < -0.39 is 7.82 Å². The summed E-state index contributed by atoms with van der Waals surface area (Å²) in [4.78, 5) is 15.7. The Hall–Kier alpha value is -1.29. The summed E-state index contributed by atoms with van der Waals surface area (Å²) >= 11 is 0. The summed E-state index contributed by atoms with van der Waals surface area (Å²) in [7, 11) is -4.28. The van der Waals surface area contributed by atoms with Crippen LogP contribution in [-0.2, 0) is 9.09 Å². The molecule has 0 atom stereocenters. The zero-order valence-electron chi connectivity index (χ0n) is 8.20. The molecule has 0 aliphatic heterocycles. The maximum Gasteiger partial charge on any atom is 0.524 e. The first kappa shape index (κ1) is 13.7. The maximum absolute atomic E-state index is 9.63. The van der Waals surface area contributed by atoms with Gasteiger partial charge in [0.2, 0.25) is 0 Å². The van der Waals surface area contributed by atoms with Crippen LogP contribution < -0.4 is 0 Å². The Morgan fingerprint density at radius 1 is 1.33 bits per heavy atom. The van der Waals surface area contributed by atoms with Crippen LogP contribution in [-0.4, -0.2) is 14.9 Å². The van der Waals surface area contributed by atoms with E-state index >= 15 is 0 Å². The molecule has 5 nitrogen and oxygen atoms in total. The molecule has 15 heavy (non-hydrogen) atoms. The lowest BCUT2D eigenvalue weighted by atomic mass is 10.2. The van der Waals surface area contributed by atoms with Crippen LogP contribution in [0.2, 0.25) is 0 Å². The molecule has 0 aromatic heterocycles. The molecule has 6 heteroatoms. The summed E-state index contributed by atoms with van der Waals surface area (Å²) in [6, 6.07) is 7.09. The highest BCUT2D eigenvalue weighted by atomic mass is 31.2. The van der Waals surface area contributed by atoms with E-state index in [1.165, 1.54) is 5.56 Å². The van der Waals surface area contributed by atoms with E-state index in [-0.39, 0.29) is 0 Å². The van der Waals surface area contributed by atoms with Crippen LogP contribution in [0.25, 0.3) is 0 Å². The van der Waals surface area contributed by atoms with Gasteiger partial charge in [0.05, 0.1) is 6.26 Å². The van der Waals surface area contributed by atoms with E-state index in [2.05, 4.69) is 11.1 Å². The van der Waals surface area contributed by atoms with E-state index in [0.29, 0.717) is 12.0 Å². The zero-order chi connectivity index (χ0) is 11.9. The van der Waals surface area contributed by atoms with Gasteiger partial charge in [-0.25, -0.2) is 4.57 Å². The number of phosphoric acid groups is 1. The molecule has 0 amide bonds. The first-order chi connectivity index (χ1) is 6.85. The van der Waals surface area contributed by atoms with Gasteiger partial charge >= 0.3 is 7.82 Å². The second-order valence-corrected chi connectivity index (χ2v) is 3.79. The lowest BCUT2D eigenvalue weighted by molar-refractivity contribution is 0.259. The van der Waals surface area contributed by atoms with Crippen molar-refractivity contribution in [3.05, 3.63) is 42.7 Å². The molecule has 84 valence electrons. The van der Waals surface area contributed by atoms with Crippen LogP contribution in [0.1, 0.15) is 5.56 Å². The number of aryl methyl sites for hydroxylation is 1. The minimum absolute atomic E-state index is 0.329. The van der Waals surface area contributed by atoms with Gasteiger partial charge in [-0.1, -0.05) is 24.3 Å². The fraction of sp³-hybridized carbons (Fsp3) is 0.111. The molecule has 0 aliphatic rings. The summed E-state index contributed by atoms with van der Waals surface area (Å²) in [5, 5.41) is 8.76. The third-order valence-corrected chi connectivity index (χ3v) is 1.67. The molecule has 0 radical (unpaired) electrons. The number of phenols is 1. The summed E-state index contributed by atoms with van der Waals surface area (Å²) in [5.41, 5.74) is 1.17. The summed E-state index contributed by atoms with van der Waals surface area (Å²) < 4.78 is 13.3. The SMILES string of the molecule is C=COP(=O)(O)O.Cc1ccc(O)cc1. The average Bonchev–Trinajstić information content (AvgIpc) is 2.09. The maximum atomic E-state index is 9.63. The quantitative estimate of drug-likeness (QED) is 0.535. The molecule has 1 aromatic rings. The average molecular weight is 232 g/mol. The van der Waals surface area contributed by atoms with Crippen molar-refractivity contribution in [3.63, 3.8) is 0 Å². The topological polar surface area (TPSA) is 87.0 Å². The summed E-state index contributed by atoms with van der Waals surface area (Å²) in [6.45, 7) is 4.92. The lowest BCUT2D eigenvalue weighted by Crippen LogP contribution is -1.75. The van der Waals surface area contributed by atoms with Crippen molar-refractivity contribution in [2.45, 2.75) is 6.92 Å². The van der Waals surface area contributed by atoms with Gasteiger partial charge in [-0.3, -0.25) is 9.79 Å². The van der Waals surface area contributed by atoms with Gasteiger partial charge < -0.3 is 9.63 Å². The van der Waals surface area contributed by atoms with Crippen molar-refractivity contribution in [3.8, 4) is 5.75 Å². The van der Waals surface area contributed by atoms with Crippen molar-refractivity contribution in [1.29, 1.82) is 0 Å². The monoisotopic (exact) mass is 232 g/mol. The fourth-order valence-electron chi connectivity index (χ4n) is 0.642. The molecule has 0 saturated carbocycles. The van der Waals surface area contributed by atoms with Gasteiger partial charge in [0.15, 0.2) is 0 Å². The molecule has 0 unspecified atom stereocenters. The Bertz CT molecular complexity index is 319. The minimum atomic E-state index is -4.28. The van der Waals surface area contributed by atoms with Crippen molar-refractivity contribution < 1.29 is 24.0 Å². The number of hydrogen-bond donors (Lipinski definition) is 3. The molecule has 1 aromatic carbocycles. The normalized spacial score (nSPS) is 9.80. The van der Waals surface area contributed by atoms with Gasteiger partial charge in [-0.15, -0.1) is 0 Å². The molecule has 3 N–H and O–H groups in total. The molecule has 0 heterocycles. The van der Waals surface area contributed by atoms with Gasteiger partial charge in [-0.2, -0.15) is 0 Å². The van der Waals surface area contributed by atoms with E-state index in [9.17, 15) is 4.57 Å². The predicted octanol–water partition coefficient (Wildman–Crippen LogP) is 1.94. The fourth-order valence-corrected chi connectivity index (χ4v) is 0.836. The van der Waals surface area contributed by atoms with Gasteiger partial charge in [0.1, 0.15) is 5.75 Å². The first-order valence-corrected chi connectivity index (χ1v) is 5.48. The molecule has 0 bridgehead atoms. The van der Waals surface area contributed by atoms with Crippen LogP contribution in [0.3, 0.4) is 0 Å². The van der Waals surface area contributed by atoms with E-state index in [0.717, 1.165) is 0 Å². The number of rotatable bonds is 2. The molecule has 1 rings (SSSR count). The van der Waals surface area contributed by atoms with Crippen LogP contribution in [0, 0.1) is 6.92 Å². The van der Waals surface area contributed by atoms with Crippen LogP contribution in [0.5, 0.6) is 5.75 Å². The number of phosphoric ester groups is 1. The third kappa shape index (κ3) is 9.02. The standard InChI is InChI=1S/C7H8O.C2H5O4P/c1-6-2-4-7(8)5-3-6;1-2-6-7(3,4)5/h2-5,8H,1H3;2H,1H2,(H2,3,4,5). The number of aromatic hydroxyl groups is 1. The Morgan fingerprint density at radius 2 is 1.80 bits per heavy atom. The Morgan fingerprint density at radius 3 is 2.00 bits per heavy atom. The Balaban J connectivity index is 0.000000265. The smallest absolute Gasteiger partial charge is 0.508 e. The molecule has 0 saturated heterocycles. The summed E-state index contributed by atoms with van der Waals surface area (Å²) in [6.07, 6.45) is 0.695. The van der Waals surface area contributed by atoms with Gasteiger partial charge in [-0.05, 0) is 19.1 Å². The Labute approximate surface area is 87.9 Å². The number of phenolic OH excluding ortho intramolecular Hbond substituents is 1. The number of benzene rings is 1. The van der Waals surface area contributed by atoms with Crippen LogP contribution in [0.4, 0.5) is 0 Å². The molecular formula is C9H13O5P. The highest BCUT2D eigenvalue weighted by Crippen LogP contribution is 2.35. The summed E-state index contributed by atoms with van der Waals surface area (Å²) in [5.74, 6) is 0.329. The predicted molar refractivity (Wildman–Crippen MR) is 56.2 cm³/mol. The Kier molecular flexibility index (Phi) is 5.70. The van der Waals surface area contributed by atoms with Crippen molar-refractivity contribution >= 4 is 7.82 Å². The van der Waals surface area contributed by atoms with Gasteiger partial charge in [0.25, 0.3) is 0 Å². The molecule has 0 spiro atoms. The van der Waals surface area contributed by atoms with E-state index in [4.69, 9.17) is 14.9 Å². The van der Waals surface area contributed by atoms with Crippen molar-refractivity contribution in [2.24, 2.45) is 0 Å². The second-order valence-electron chi connectivity index (χ2n) is 2.60. The lowest BCUT2D eigenvalue weighted by Gasteiger charge is -1.96. The molecule has 0 fully saturated rings. The van der Waals surface area contributed by atoms with Crippen LogP contribution >= 0.6 is 7.82 Å². The first-order valence-electron chi connectivity index (χ1n) is 3.95. The van der Waals surface area contributed by atoms with Crippen molar-refractivity contribution in [1.82, 2.24) is 0 Å². The van der Waals surface area contributed by atoms with E-state index in [1.54, 1.807) is 12.1 Å². The van der Waals surface area contributed by atoms with Crippen LogP contribution in [0.15, 0.2) is 37.1 Å². The number of hydrogen-bond acceptors (Lipinski definition) is 3. The zero-order valence-corrected chi connectivity index (χ0v) is 9.09. The van der Waals surface area contributed by atoms with E-state index in [1.807, 2.05) is 19.1 Å². The van der Waals surface area contributed by atoms with Gasteiger partial charge in [0, 0.05) is 0 Å². The largest absolute Gasteiger partial charge is 0.524 e. The molecule has 0 aliphatic carbocycles. The van der Waals surface area contributed by atoms with Crippen molar-refractivity contribution in [2.75, 3.05) is 0 Å². The highest BCUT2D eigenvalue weighted by molar-refractivity contribution is 7.46. The third-order valence-electron chi connectivity index (χ3n) is 1.25. The second kappa shape index (κ2) is 6.24.